The van der Waals surface area contributed by atoms with Crippen molar-refractivity contribution in [2.75, 3.05) is 11.9 Å². The summed E-state index contributed by atoms with van der Waals surface area (Å²) in [5.74, 6) is 0.290. The second-order valence-corrected chi connectivity index (χ2v) is 8.18. The second kappa shape index (κ2) is 7.28. The van der Waals surface area contributed by atoms with Gasteiger partial charge in [0.2, 0.25) is 0 Å². The normalized spacial score (nSPS) is 22.7. The first-order chi connectivity index (χ1) is 10.3. The van der Waals surface area contributed by atoms with Crippen molar-refractivity contribution >= 4 is 33.2 Å². The van der Waals surface area contributed by atoms with Crippen LogP contribution in [0, 0.1) is 0 Å². The molecule has 0 saturated carbocycles. The average molecular weight is 370 g/mol. The Balaban J connectivity index is 1.77. The molecule has 0 bridgehead atoms. The number of hydrogen-bond acceptors (Lipinski definition) is 2. The quantitative estimate of drug-likeness (QED) is 0.553. The van der Waals surface area contributed by atoms with Gasteiger partial charge in [-0.3, -0.25) is 4.79 Å². The molecule has 1 aliphatic heterocycles. The summed E-state index contributed by atoms with van der Waals surface area (Å²) in [5.41, 5.74) is 1.45. The number of hydrogen-bond donors (Lipinski definition) is 0. The number of halogens is 1. The first-order valence-electron chi connectivity index (χ1n) is 8.28. The number of carbonyl (C=O) groups excluding carboxylic acids is 1. The summed E-state index contributed by atoms with van der Waals surface area (Å²) in [4.78, 5) is 17.5. The molecule has 0 spiro atoms. The summed E-state index contributed by atoms with van der Waals surface area (Å²) in [5, 5.41) is 0.988. The monoisotopic (exact) mass is 369 g/mol. The van der Waals surface area contributed by atoms with E-state index in [2.05, 4.69) is 26.9 Å². The van der Waals surface area contributed by atoms with Crippen molar-refractivity contribution in [3.63, 3.8) is 0 Å². The molecule has 2 aliphatic rings. The van der Waals surface area contributed by atoms with Gasteiger partial charge in [-0.2, -0.15) is 0 Å². The van der Waals surface area contributed by atoms with Crippen LogP contribution in [0.1, 0.15) is 65.1 Å². The van der Waals surface area contributed by atoms with Gasteiger partial charge in [0, 0.05) is 22.8 Å². The lowest BCUT2D eigenvalue weighted by Crippen LogP contribution is -2.43. The van der Waals surface area contributed by atoms with Crippen LogP contribution in [0.15, 0.2) is 6.07 Å². The van der Waals surface area contributed by atoms with E-state index in [1.807, 2.05) is 0 Å². The summed E-state index contributed by atoms with van der Waals surface area (Å²) >= 11 is 5.31. The minimum atomic E-state index is 0.290. The predicted octanol–water partition coefficient (Wildman–Crippen LogP) is 4.80. The number of likely N-dealkylation sites (tertiary alicyclic amines) is 1. The molecule has 1 amide bonds. The number of fused-ring (bicyclic) bond motifs is 1. The number of rotatable bonds is 3. The van der Waals surface area contributed by atoms with Crippen molar-refractivity contribution in [2.45, 2.75) is 63.8 Å². The molecule has 2 heterocycles. The largest absolute Gasteiger partial charge is 0.335 e. The lowest BCUT2D eigenvalue weighted by Gasteiger charge is -2.35. The van der Waals surface area contributed by atoms with Gasteiger partial charge in [-0.05, 0) is 63.0 Å². The molecule has 1 unspecified atom stereocenters. The minimum Gasteiger partial charge on any atom is -0.335 e. The SMILES string of the molecule is O=C(c1cc2c(s1)CCCCC2)N1CCCCC1CCBr. The van der Waals surface area contributed by atoms with Crippen molar-refractivity contribution in [1.82, 2.24) is 4.90 Å². The molecule has 1 aromatic heterocycles. The zero-order chi connectivity index (χ0) is 14.7. The number of amides is 1. The van der Waals surface area contributed by atoms with Crippen LogP contribution >= 0.6 is 27.3 Å². The maximum atomic E-state index is 12.9. The van der Waals surface area contributed by atoms with Crippen LogP contribution in [0.25, 0.3) is 0 Å². The summed E-state index contributed by atoms with van der Waals surface area (Å²) in [6.45, 7) is 0.944. The topological polar surface area (TPSA) is 20.3 Å². The van der Waals surface area contributed by atoms with E-state index in [9.17, 15) is 4.79 Å². The van der Waals surface area contributed by atoms with Crippen molar-refractivity contribution in [3.8, 4) is 0 Å². The van der Waals surface area contributed by atoms with E-state index < -0.39 is 0 Å². The number of piperidine rings is 1. The van der Waals surface area contributed by atoms with Crippen LogP contribution < -0.4 is 0 Å². The Labute approximate surface area is 140 Å². The van der Waals surface area contributed by atoms with Crippen LogP contribution in [-0.4, -0.2) is 28.7 Å². The van der Waals surface area contributed by atoms with Crippen molar-refractivity contribution < 1.29 is 4.79 Å². The highest BCUT2D eigenvalue weighted by molar-refractivity contribution is 9.09. The van der Waals surface area contributed by atoms with Gasteiger partial charge in [0.15, 0.2) is 0 Å². The molecule has 4 heteroatoms. The Kier molecular flexibility index (Phi) is 5.38. The number of thiophene rings is 1. The summed E-state index contributed by atoms with van der Waals surface area (Å²) in [6.07, 6.45) is 10.9. The number of alkyl halides is 1. The van der Waals surface area contributed by atoms with Gasteiger partial charge in [-0.1, -0.05) is 22.4 Å². The molecule has 1 atom stereocenters. The highest BCUT2D eigenvalue weighted by Gasteiger charge is 2.28. The standard InChI is InChI=1S/C17H24BrNOS/c18-10-9-14-7-4-5-11-19(14)17(20)16-12-13-6-2-1-3-8-15(13)21-16/h12,14H,1-11H2. The zero-order valence-corrected chi connectivity index (χ0v) is 15.0. The van der Waals surface area contributed by atoms with Crippen molar-refractivity contribution in [1.29, 1.82) is 0 Å². The molecule has 1 saturated heterocycles. The molecular weight excluding hydrogens is 346 g/mol. The van der Waals surface area contributed by atoms with Gasteiger partial charge in [-0.15, -0.1) is 11.3 Å². The van der Waals surface area contributed by atoms with Gasteiger partial charge in [0.1, 0.15) is 0 Å². The fourth-order valence-electron chi connectivity index (χ4n) is 3.61. The van der Waals surface area contributed by atoms with E-state index in [0.717, 1.165) is 29.6 Å². The maximum absolute atomic E-state index is 12.9. The van der Waals surface area contributed by atoms with Crippen molar-refractivity contribution in [3.05, 3.63) is 21.4 Å². The van der Waals surface area contributed by atoms with Crippen molar-refractivity contribution in [2.24, 2.45) is 0 Å². The molecule has 1 aromatic rings. The average Bonchev–Trinajstić information content (AvgIpc) is 2.78. The van der Waals surface area contributed by atoms with Crippen LogP contribution in [0.4, 0.5) is 0 Å². The highest BCUT2D eigenvalue weighted by atomic mass is 79.9. The molecule has 1 aliphatic carbocycles. The van der Waals surface area contributed by atoms with E-state index in [1.165, 1.54) is 55.4 Å². The van der Waals surface area contributed by atoms with Gasteiger partial charge in [0.25, 0.3) is 5.91 Å². The Morgan fingerprint density at radius 1 is 1.24 bits per heavy atom. The molecule has 0 aromatic carbocycles. The highest BCUT2D eigenvalue weighted by Crippen LogP contribution is 2.31. The second-order valence-electron chi connectivity index (χ2n) is 6.25. The third kappa shape index (κ3) is 3.53. The maximum Gasteiger partial charge on any atom is 0.264 e. The Bertz CT molecular complexity index is 473. The number of carbonyl (C=O) groups is 1. The first kappa shape index (κ1) is 15.5. The Morgan fingerprint density at radius 2 is 2.10 bits per heavy atom. The van der Waals surface area contributed by atoms with E-state index in [0.29, 0.717) is 11.9 Å². The lowest BCUT2D eigenvalue weighted by atomic mass is 9.99. The molecule has 0 N–H and O–H groups in total. The molecular formula is C17H24BrNOS. The first-order valence-corrected chi connectivity index (χ1v) is 10.2. The van der Waals surface area contributed by atoms with Crippen LogP contribution in [0.2, 0.25) is 0 Å². The lowest BCUT2D eigenvalue weighted by molar-refractivity contribution is 0.0615. The van der Waals surface area contributed by atoms with Crippen LogP contribution in [0.5, 0.6) is 0 Å². The molecule has 3 rings (SSSR count). The third-order valence-electron chi connectivity index (χ3n) is 4.79. The van der Waals surface area contributed by atoms with Crippen LogP contribution in [0.3, 0.4) is 0 Å². The molecule has 21 heavy (non-hydrogen) atoms. The van der Waals surface area contributed by atoms with E-state index in [1.54, 1.807) is 11.3 Å². The Morgan fingerprint density at radius 3 is 2.95 bits per heavy atom. The van der Waals surface area contributed by atoms with Gasteiger partial charge >= 0.3 is 0 Å². The number of aryl methyl sites for hydroxylation is 2. The van der Waals surface area contributed by atoms with E-state index in [4.69, 9.17) is 0 Å². The summed E-state index contributed by atoms with van der Waals surface area (Å²) < 4.78 is 0. The minimum absolute atomic E-state index is 0.290. The fraction of sp³-hybridized carbons (Fsp3) is 0.706. The summed E-state index contributed by atoms with van der Waals surface area (Å²) in [7, 11) is 0. The molecule has 116 valence electrons. The van der Waals surface area contributed by atoms with Gasteiger partial charge in [0.05, 0.1) is 4.88 Å². The zero-order valence-electron chi connectivity index (χ0n) is 12.6. The van der Waals surface area contributed by atoms with Crippen LogP contribution in [-0.2, 0) is 12.8 Å². The fourth-order valence-corrected chi connectivity index (χ4v) is 5.35. The molecule has 0 radical (unpaired) electrons. The number of nitrogens with zero attached hydrogens (tertiary/aromatic N) is 1. The molecule has 1 fully saturated rings. The third-order valence-corrected chi connectivity index (χ3v) is 6.47. The smallest absolute Gasteiger partial charge is 0.264 e. The van der Waals surface area contributed by atoms with Gasteiger partial charge < -0.3 is 4.90 Å². The molecule has 2 nitrogen and oxygen atoms in total. The predicted molar refractivity (Wildman–Crippen MR) is 92.7 cm³/mol. The Hall–Kier alpha value is -0.350. The van der Waals surface area contributed by atoms with E-state index >= 15 is 0 Å². The van der Waals surface area contributed by atoms with E-state index in [-0.39, 0.29) is 0 Å². The summed E-state index contributed by atoms with van der Waals surface area (Å²) in [6, 6.07) is 2.64. The van der Waals surface area contributed by atoms with Gasteiger partial charge in [-0.25, -0.2) is 0 Å².